The van der Waals surface area contributed by atoms with Crippen LogP contribution in [0.5, 0.6) is 5.75 Å². The van der Waals surface area contributed by atoms with E-state index in [-0.39, 0.29) is 23.7 Å². The number of para-hydroxylation sites is 1. The summed E-state index contributed by atoms with van der Waals surface area (Å²) in [6, 6.07) is 8.11. The van der Waals surface area contributed by atoms with Crippen molar-refractivity contribution in [1.82, 2.24) is 14.7 Å². The van der Waals surface area contributed by atoms with Gasteiger partial charge < -0.3 is 19.3 Å². The third-order valence-electron chi connectivity index (χ3n) is 7.03. The van der Waals surface area contributed by atoms with Gasteiger partial charge in [-0.15, -0.1) is 0 Å². The minimum atomic E-state index is 0.154. The molecule has 7 nitrogen and oxygen atoms in total. The fourth-order valence-electron chi connectivity index (χ4n) is 5.27. The second kappa shape index (κ2) is 11.8. The Morgan fingerprint density at radius 2 is 1.91 bits per heavy atom. The Balaban J connectivity index is 1.51. The van der Waals surface area contributed by atoms with Crippen molar-refractivity contribution in [1.29, 1.82) is 0 Å². The van der Waals surface area contributed by atoms with E-state index in [1.54, 1.807) is 0 Å². The molecule has 4 rings (SSSR count). The molecule has 0 aliphatic carbocycles. The number of carbonyl (C=O) groups is 2. The SMILES string of the molecule is CC(C)CN1CC(=O)N2CC[C@@H](CC(=O)N3CCOCC3)[C@@H](/C=C\COc3ccccc3C1)C2. The molecule has 2 saturated heterocycles. The summed E-state index contributed by atoms with van der Waals surface area (Å²) in [5, 5.41) is 0. The summed E-state index contributed by atoms with van der Waals surface area (Å²) in [4.78, 5) is 32.4. The molecule has 3 aliphatic rings. The summed E-state index contributed by atoms with van der Waals surface area (Å²) in [6.45, 7) is 10.8. The van der Waals surface area contributed by atoms with E-state index in [0.717, 1.165) is 24.3 Å². The topological polar surface area (TPSA) is 62.3 Å². The van der Waals surface area contributed by atoms with Gasteiger partial charge in [-0.2, -0.15) is 0 Å². The van der Waals surface area contributed by atoms with Crippen LogP contribution in [0.1, 0.15) is 32.3 Å². The lowest BCUT2D eigenvalue weighted by molar-refractivity contribution is -0.138. The number of morpholine rings is 1. The minimum absolute atomic E-state index is 0.154. The van der Waals surface area contributed by atoms with Crippen LogP contribution in [0.15, 0.2) is 36.4 Å². The molecule has 0 aromatic heterocycles. The fourth-order valence-corrected chi connectivity index (χ4v) is 5.27. The molecule has 2 amide bonds. The summed E-state index contributed by atoms with van der Waals surface area (Å²) < 4.78 is 11.5. The largest absolute Gasteiger partial charge is 0.489 e. The van der Waals surface area contributed by atoms with Crippen LogP contribution in [0.2, 0.25) is 0 Å². The number of amides is 2. The monoisotopic (exact) mass is 469 g/mol. The first-order valence-corrected chi connectivity index (χ1v) is 12.7. The van der Waals surface area contributed by atoms with Crippen molar-refractivity contribution in [3.8, 4) is 5.75 Å². The molecule has 1 aromatic carbocycles. The zero-order chi connectivity index (χ0) is 23.9. The van der Waals surface area contributed by atoms with Crippen molar-refractivity contribution in [2.45, 2.75) is 33.2 Å². The van der Waals surface area contributed by atoms with Crippen LogP contribution in [0, 0.1) is 17.8 Å². The lowest BCUT2D eigenvalue weighted by Gasteiger charge is -2.39. The molecular weight excluding hydrogens is 430 g/mol. The molecule has 0 N–H and O–H groups in total. The minimum Gasteiger partial charge on any atom is -0.489 e. The number of fused-ring (bicyclic) bond motifs is 3. The lowest BCUT2D eigenvalue weighted by Crippen LogP contribution is -2.49. The molecule has 3 heterocycles. The average Bonchev–Trinajstić information content (AvgIpc) is 2.83. The molecule has 0 spiro atoms. The molecule has 34 heavy (non-hydrogen) atoms. The van der Waals surface area contributed by atoms with E-state index in [2.05, 4.69) is 37.0 Å². The molecule has 1 aromatic rings. The van der Waals surface area contributed by atoms with Crippen molar-refractivity contribution in [3.05, 3.63) is 42.0 Å². The van der Waals surface area contributed by atoms with Gasteiger partial charge >= 0.3 is 0 Å². The van der Waals surface area contributed by atoms with Gasteiger partial charge in [-0.25, -0.2) is 0 Å². The van der Waals surface area contributed by atoms with E-state index in [0.29, 0.717) is 71.4 Å². The zero-order valence-corrected chi connectivity index (χ0v) is 20.7. The first-order valence-electron chi connectivity index (χ1n) is 12.7. The van der Waals surface area contributed by atoms with Gasteiger partial charge in [-0.1, -0.05) is 44.2 Å². The van der Waals surface area contributed by atoms with Crippen LogP contribution >= 0.6 is 0 Å². The molecule has 2 bridgehead atoms. The molecule has 7 heteroatoms. The van der Waals surface area contributed by atoms with Crippen LogP contribution < -0.4 is 4.74 Å². The van der Waals surface area contributed by atoms with Gasteiger partial charge in [-0.05, 0) is 30.2 Å². The Morgan fingerprint density at radius 1 is 1.12 bits per heavy atom. The second-order valence-corrected chi connectivity index (χ2v) is 10.2. The number of hydrogen-bond donors (Lipinski definition) is 0. The van der Waals surface area contributed by atoms with Crippen LogP contribution in [0.25, 0.3) is 0 Å². The van der Waals surface area contributed by atoms with Crippen LogP contribution in [0.4, 0.5) is 0 Å². The Labute approximate surface area is 203 Å². The molecule has 186 valence electrons. The first kappa shape index (κ1) is 24.7. The van der Waals surface area contributed by atoms with Crippen LogP contribution in [0.3, 0.4) is 0 Å². The molecule has 2 fully saturated rings. The third kappa shape index (κ3) is 6.60. The average molecular weight is 470 g/mol. The van der Waals surface area contributed by atoms with E-state index in [9.17, 15) is 9.59 Å². The summed E-state index contributed by atoms with van der Waals surface area (Å²) in [6.07, 6.45) is 5.61. The van der Waals surface area contributed by atoms with Gasteiger partial charge in [0.1, 0.15) is 12.4 Å². The predicted octanol–water partition coefficient (Wildman–Crippen LogP) is 2.81. The van der Waals surface area contributed by atoms with E-state index in [1.807, 2.05) is 28.0 Å². The highest BCUT2D eigenvalue weighted by Crippen LogP contribution is 2.30. The van der Waals surface area contributed by atoms with E-state index < -0.39 is 0 Å². The highest BCUT2D eigenvalue weighted by Gasteiger charge is 2.33. The first-order chi connectivity index (χ1) is 16.5. The Morgan fingerprint density at radius 3 is 2.71 bits per heavy atom. The van der Waals surface area contributed by atoms with Gasteiger partial charge in [0, 0.05) is 51.3 Å². The molecular formula is C27H39N3O4. The van der Waals surface area contributed by atoms with Crippen molar-refractivity contribution >= 4 is 11.8 Å². The van der Waals surface area contributed by atoms with Gasteiger partial charge in [-0.3, -0.25) is 14.5 Å². The number of nitrogens with zero attached hydrogens (tertiary/aromatic N) is 3. The van der Waals surface area contributed by atoms with Gasteiger partial charge in [0.15, 0.2) is 0 Å². The number of benzene rings is 1. The van der Waals surface area contributed by atoms with Crippen molar-refractivity contribution in [3.63, 3.8) is 0 Å². The maximum Gasteiger partial charge on any atom is 0.236 e. The van der Waals surface area contributed by atoms with Crippen LogP contribution in [-0.4, -0.2) is 85.6 Å². The smallest absolute Gasteiger partial charge is 0.236 e. The number of piperidine rings is 1. The standard InChI is InChI=1S/C27H39N3O4/c1-21(2)17-28-18-24-6-3-4-8-25(24)34-13-5-7-23-19-30(27(32)20-28)10-9-22(23)16-26(31)29-11-14-33-15-12-29/h3-8,21-23H,9-20H2,1-2H3/b7-5-/t22-,23-/m0/s1. The van der Waals surface area contributed by atoms with E-state index >= 15 is 0 Å². The highest BCUT2D eigenvalue weighted by atomic mass is 16.5. The third-order valence-corrected chi connectivity index (χ3v) is 7.03. The molecule has 0 unspecified atom stereocenters. The molecule has 0 radical (unpaired) electrons. The maximum atomic E-state index is 13.3. The Bertz CT molecular complexity index is 865. The van der Waals surface area contributed by atoms with Crippen molar-refractivity contribution in [2.75, 3.05) is 59.1 Å². The van der Waals surface area contributed by atoms with E-state index in [4.69, 9.17) is 9.47 Å². The highest BCUT2D eigenvalue weighted by molar-refractivity contribution is 5.79. The summed E-state index contributed by atoms with van der Waals surface area (Å²) in [5.41, 5.74) is 1.11. The second-order valence-electron chi connectivity index (χ2n) is 10.2. The van der Waals surface area contributed by atoms with E-state index in [1.165, 1.54) is 0 Å². The Kier molecular flexibility index (Phi) is 8.62. The van der Waals surface area contributed by atoms with Gasteiger partial charge in [0.25, 0.3) is 0 Å². The number of hydrogen-bond acceptors (Lipinski definition) is 5. The number of ether oxygens (including phenoxy) is 2. The quantitative estimate of drug-likeness (QED) is 0.635. The van der Waals surface area contributed by atoms with Crippen molar-refractivity contribution in [2.24, 2.45) is 17.8 Å². The molecule has 3 aliphatic heterocycles. The predicted molar refractivity (Wildman–Crippen MR) is 131 cm³/mol. The summed E-state index contributed by atoms with van der Waals surface area (Å²) in [5.74, 6) is 2.10. The van der Waals surface area contributed by atoms with Crippen molar-refractivity contribution < 1.29 is 19.1 Å². The number of rotatable bonds is 4. The molecule has 2 atom stereocenters. The maximum absolute atomic E-state index is 13.3. The summed E-state index contributed by atoms with van der Waals surface area (Å²) >= 11 is 0. The lowest BCUT2D eigenvalue weighted by atomic mass is 9.82. The fraction of sp³-hybridized carbons (Fsp3) is 0.630. The molecule has 0 saturated carbocycles. The zero-order valence-electron chi connectivity index (χ0n) is 20.7. The van der Waals surface area contributed by atoms with Crippen LogP contribution in [-0.2, 0) is 20.9 Å². The van der Waals surface area contributed by atoms with Gasteiger partial charge in [0.2, 0.25) is 11.8 Å². The number of carbonyl (C=O) groups excluding carboxylic acids is 2. The summed E-state index contributed by atoms with van der Waals surface area (Å²) in [7, 11) is 0. The Hall–Kier alpha value is -2.38. The normalized spacial score (nSPS) is 25.6. The van der Waals surface area contributed by atoms with Gasteiger partial charge in [0.05, 0.1) is 19.8 Å².